The zero-order valence-electron chi connectivity index (χ0n) is 13.3. The molecule has 1 atom stereocenters. The molecular weight excluding hydrogens is 282 g/mol. The monoisotopic (exact) mass is 305 g/mol. The second-order valence-corrected chi connectivity index (χ2v) is 5.59. The van der Waals surface area contributed by atoms with Crippen LogP contribution in [0.4, 0.5) is 5.69 Å². The minimum Gasteiger partial charge on any atom is -0.481 e. The number of carbonyl (C=O) groups excluding carboxylic acids is 1. The summed E-state index contributed by atoms with van der Waals surface area (Å²) in [6.07, 6.45) is 1.86. The van der Waals surface area contributed by atoms with Crippen LogP contribution in [0.2, 0.25) is 0 Å². The third-order valence-electron chi connectivity index (χ3n) is 3.47. The van der Waals surface area contributed by atoms with Crippen molar-refractivity contribution in [2.24, 2.45) is 0 Å². The predicted octanol–water partition coefficient (Wildman–Crippen LogP) is 2.97. The first kappa shape index (κ1) is 17.9. The highest BCUT2D eigenvalue weighted by atomic mass is 16.5. The predicted molar refractivity (Wildman–Crippen MR) is 86.0 cm³/mol. The maximum absolute atomic E-state index is 11.9. The smallest absolute Gasteiger partial charge is 0.313 e. The average Bonchev–Trinajstić information content (AvgIpc) is 2.47. The van der Waals surface area contributed by atoms with Crippen LogP contribution in [0.25, 0.3) is 0 Å². The van der Waals surface area contributed by atoms with Gasteiger partial charge in [0, 0.05) is 5.69 Å². The molecule has 1 aromatic rings. The number of carboxylic acids is 1. The molecule has 1 amide bonds. The molecule has 5 nitrogen and oxygen atoms in total. The van der Waals surface area contributed by atoms with E-state index in [1.54, 1.807) is 51.1 Å². The molecule has 22 heavy (non-hydrogen) atoms. The molecular formula is C17H23NO4. The number of rotatable bonds is 8. The fraction of sp³-hybridized carbons (Fsp3) is 0.412. The average molecular weight is 305 g/mol. The first-order valence-corrected chi connectivity index (χ1v) is 7.16. The van der Waals surface area contributed by atoms with Crippen molar-refractivity contribution in [3.8, 4) is 0 Å². The van der Waals surface area contributed by atoms with E-state index in [1.165, 1.54) is 0 Å². The first-order chi connectivity index (χ1) is 10.3. The maximum Gasteiger partial charge on any atom is 0.313 e. The third kappa shape index (κ3) is 4.70. The van der Waals surface area contributed by atoms with Gasteiger partial charge in [0.25, 0.3) is 5.91 Å². The molecule has 0 saturated carbocycles. The molecule has 0 aromatic heterocycles. The highest BCUT2D eigenvalue weighted by Gasteiger charge is 2.29. The summed E-state index contributed by atoms with van der Waals surface area (Å²) in [5.74, 6) is -1.14. The van der Waals surface area contributed by atoms with Crippen molar-refractivity contribution < 1.29 is 19.4 Å². The molecule has 0 saturated heterocycles. The van der Waals surface area contributed by atoms with Gasteiger partial charge in [-0.2, -0.15) is 0 Å². The molecule has 0 spiro atoms. The Bertz CT molecular complexity index is 534. The molecule has 120 valence electrons. The number of anilines is 1. The van der Waals surface area contributed by atoms with Crippen LogP contribution in [-0.4, -0.2) is 29.7 Å². The van der Waals surface area contributed by atoms with Gasteiger partial charge in [0.1, 0.15) is 6.10 Å². The van der Waals surface area contributed by atoms with E-state index in [-0.39, 0.29) is 5.91 Å². The van der Waals surface area contributed by atoms with E-state index in [4.69, 9.17) is 4.74 Å². The normalized spacial score (nSPS) is 12.5. The Morgan fingerprint density at radius 1 is 1.36 bits per heavy atom. The molecule has 1 rings (SSSR count). The molecule has 0 radical (unpaired) electrons. The Kier molecular flexibility index (Phi) is 6.31. The van der Waals surface area contributed by atoms with Crippen molar-refractivity contribution in [1.82, 2.24) is 0 Å². The van der Waals surface area contributed by atoms with Crippen LogP contribution in [-0.2, 0) is 19.7 Å². The number of ether oxygens (including phenoxy) is 1. The molecule has 0 heterocycles. The number of nitrogens with one attached hydrogen (secondary N) is 1. The minimum atomic E-state index is -0.969. The lowest BCUT2D eigenvalue weighted by Crippen LogP contribution is -2.29. The van der Waals surface area contributed by atoms with E-state index < -0.39 is 17.5 Å². The fourth-order valence-electron chi connectivity index (χ4n) is 1.74. The van der Waals surface area contributed by atoms with Crippen LogP contribution in [0.5, 0.6) is 0 Å². The van der Waals surface area contributed by atoms with Gasteiger partial charge in [-0.3, -0.25) is 9.59 Å². The second kappa shape index (κ2) is 7.75. The highest BCUT2D eigenvalue weighted by Crippen LogP contribution is 2.24. The summed E-state index contributed by atoms with van der Waals surface area (Å²) >= 11 is 0. The summed E-state index contributed by atoms with van der Waals surface area (Å²) in [6, 6.07) is 6.78. The Labute approximate surface area is 131 Å². The Hall–Kier alpha value is -2.14. The Morgan fingerprint density at radius 3 is 2.45 bits per heavy atom. The zero-order valence-corrected chi connectivity index (χ0v) is 13.3. The quantitative estimate of drug-likeness (QED) is 0.572. The number of benzene rings is 1. The van der Waals surface area contributed by atoms with Gasteiger partial charge in [0.05, 0.1) is 12.0 Å². The number of carbonyl (C=O) groups is 2. The van der Waals surface area contributed by atoms with E-state index >= 15 is 0 Å². The van der Waals surface area contributed by atoms with Gasteiger partial charge < -0.3 is 15.2 Å². The Morgan fingerprint density at radius 2 is 1.95 bits per heavy atom. The largest absolute Gasteiger partial charge is 0.481 e. The van der Waals surface area contributed by atoms with E-state index in [9.17, 15) is 14.7 Å². The van der Waals surface area contributed by atoms with E-state index in [0.717, 1.165) is 0 Å². The van der Waals surface area contributed by atoms with Crippen molar-refractivity contribution >= 4 is 17.6 Å². The summed E-state index contributed by atoms with van der Waals surface area (Å²) < 4.78 is 5.36. The third-order valence-corrected chi connectivity index (χ3v) is 3.47. The fourth-order valence-corrected chi connectivity index (χ4v) is 1.74. The van der Waals surface area contributed by atoms with Gasteiger partial charge in [-0.05, 0) is 44.9 Å². The lowest BCUT2D eigenvalue weighted by molar-refractivity contribution is -0.142. The van der Waals surface area contributed by atoms with Crippen LogP contribution >= 0.6 is 0 Å². The minimum absolute atomic E-state index is 0.241. The van der Waals surface area contributed by atoms with Crippen LogP contribution in [0, 0.1) is 0 Å². The molecule has 0 aliphatic heterocycles. The van der Waals surface area contributed by atoms with Gasteiger partial charge in [0.2, 0.25) is 0 Å². The SMILES string of the molecule is C=CCCOC(C)C(=O)Nc1ccc(C(C)(C)C(=O)O)cc1. The van der Waals surface area contributed by atoms with E-state index in [0.29, 0.717) is 24.3 Å². The molecule has 1 aromatic carbocycles. The van der Waals surface area contributed by atoms with Crippen molar-refractivity contribution in [1.29, 1.82) is 0 Å². The molecule has 1 unspecified atom stereocenters. The first-order valence-electron chi connectivity index (χ1n) is 7.16. The van der Waals surface area contributed by atoms with Gasteiger partial charge in [-0.15, -0.1) is 6.58 Å². The summed E-state index contributed by atoms with van der Waals surface area (Å²) in [5.41, 5.74) is 0.311. The van der Waals surface area contributed by atoms with Crippen LogP contribution < -0.4 is 5.32 Å². The molecule has 0 aliphatic rings. The number of amides is 1. The summed E-state index contributed by atoms with van der Waals surface area (Å²) in [4.78, 5) is 23.1. The van der Waals surface area contributed by atoms with Gasteiger partial charge in [-0.1, -0.05) is 18.2 Å². The second-order valence-electron chi connectivity index (χ2n) is 5.59. The zero-order chi connectivity index (χ0) is 16.8. The number of hydrogen-bond acceptors (Lipinski definition) is 3. The van der Waals surface area contributed by atoms with E-state index in [1.807, 2.05) is 0 Å². The van der Waals surface area contributed by atoms with Crippen LogP contribution in [0.1, 0.15) is 32.8 Å². The topological polar surface area (TPSA) is 75.6 Å². The highest BCUT2D eigenvalue weighted by molar-refractivity contribution is 5.94. The van der Waals surface area contributed by atoms with Crippen molar-refractivity contribution in [2.45, 2.75) is 38.7 Å². The van der Waals surface area contributed by atoms with Crippen LogP contribution in [0.3, 0.4) is 0 Å². The lowest BCUT2D eigenvalue weighted by Gasteiger charge is -2.20. The number of carboxylic acid groups (broad SMARTS) is 1. The summed E-state index contributed by atoms with van der Waals surface area (Å²) in [7, 11) is 0. The standard InChI is InChI=1S/C17H23NO4/c1-5-6-11-22-12(2)15(19)18-14-9-7-13(8-10-14)17(3,4)16(20)21/h5,7-10,12H,1,6,11H2,2-4H3,(H,18,19)(H,20,21). The van der Waals surface area contributed by atoms with Crippen molar-refractivity contribution in [2.75, 3.05) is 11.9 Å². The number of aliphatic carboxylic acids is 1. The van der Waals surface area contributed by atoms with E-state index in [2.05, 4.69) is 11.9 Å². The van der Waals surface area contributed by atoms with Gasteiger partial charge >= 0.3 is 5.97 Å². The van der Waals surface area contributed by atoms with Gasteiger partial charge in [0.15, 0.2) is 0 Å². The molecule has 0 aliphatic carbocycles. The Balaban J connectivity index is 2.66. The maximum atomic E-state index is 11.9. The molecule has 5 heteroatoms. The molecule has 0 fully saturated rings. The molecule has 0 bridgehead atoms. The van der Waals surface area contributed by atoms with Crippen molar-refractivity contribution in [3.05, 3.63) is 42.5 Å². The summed E-state index contributed by atoms with van der Waals surface area (Å²) in [6.45, 7) is 8.99. The number of hydrogen-bond donors (Lipinski definition) is 2. The van der Waals surface area contributed by atoms with Gasteiger partial charge in [-0.25, -0.2) is 0 Å². The lowest BCUT2D eigenvalue weighted by atomic mass is 9.85. The van der Waals surface area contributed by atoms with Crippen molar-refractivity contribution in [3.63, 3.8) is 0 Å². The summed E-state index contributed by atoms with van der Waals surface area (Å²) in [5, 5.41) is 11.9. The van der Waals surface area contributed by atoms with Crippen LogP contribution in [0.15, 0.2) is 36.9 Å². The molecule has 2 N–H and O–H groups in total.